The van der Waals surface area contributed by atoms with Crippen LogP contribution in [0.1, 0.15) is 96.8 Å². The van der Waals surface area contributed by atoms with E-state index in [-0.39, 0.29) is 18.3 Å². The summed E-state index contributed by atoms with van der Waals surface area (Å²) >= 11 is 0. The molecule has 0 saturated heterocycles. The Hall–Kier alpha value is -0.280. The average molecular weight is 405 g/mol. The summed E-state index contributed by atoms with van der Waals surface area (Å²) in [6.45, 7) is 1.84. The largest absolute Gasteiger partial charge is 0.244 e. The Morgan fingerprint density at radius 2 is 1.14 bits per heavy atom. The van der Waals surface area contributed by atoms with Gasteiger partial charge in [-0.2, -0.15) is 0 Å². The second-order valence-corrected chi connectivity index (χ2v) is 10.3. The van der Waals surface area contributed by atoms with E-state index in [1.165, 1.54) is 38.5 Å². The van der Waals surface area contributed by atoms with Crippen LogP contribution in [0.5, 0.6) is 0 Å². The monoisotopic (exact) mass is 404 g/mol. The molecule has 0 bridgehead atoms. The number of alkyl halides is 4. The molecule has 3 aliphatic carbocycles. The minimum atomic E-state index is -2.15. The van der Waals surface area contributed by atoms with E-state index in [0.717, 1.165) is 50.4 Å². The van der Waals surface area contributed by atoms with Crippen LogP contribution in [0, 0.1) is 35.5 Å². The summed E-state index contributed by atoms with van der Waals surface area (Å²) in [7, 11) is 0. The molecule has 0 aromatic rings. The van der Waals surface area contributed by atoms with Gasteiger partial charge in [0.05, 0.1) is 0 Å². The highest BCUT2D eigenvalue weighted by Gasteiger charge is 2.42. The van der Waals surface area contributed by atoms with Gasteiger partial charge in [-0.3, -0.25) is 0 Å². The molecule has 0 nitrogen and oxygen atoms in total. The van der Waals surface area contributed by atoms with Crippen molar-refractivity contribution < 1.29 is 17.6 Å². The maximum Gasteiger partial charge on any atom is 0.238 e. The van der Waals surface area contributed by atoms with E-state index < -0.39 is 18.8 Å². The van der Waals surface area contributed by atoms with Crippen molar-refractivity contribution in [2.45, 2.75) is 116 Å². The first-order chi connectivity index (χ1) is 13.4. The highest BCUT2D eigenvalue weighted by Crippen LogP contribution is 2.45. The van der Waals surface area contributed by atoms with Crippen LogP contribution in [0.4, 0.5) is 17.6 Å². The second-order valence-electron chi connectivity index (χ2n) is 10.3. The molecule has 3 aliphatic rings. The van der Waals surface area contributed by atoms with Gasteiger partial charge in [0.1, 0.15) is 12.3 Å². The van der Waals surface area contributed by atoms with Crippen LogP contribution in [-0.4, -0.2) is 18.8 Å². The first kappa shape index (κ1) is 22.4. The Bertz CT molecular complexity index is 438. The van der Waals surface area contributed by atoms with Crippen LogP contribution in [0.2, 0.25) is 0 Å². The maximum absolute atomic E-state index is 14.5. The van der Waals surface area contributed by atoms with Crippen LogP contribution >= 0.6 is 0 Å². The van der Waals surface area contributed by atoms with E-state index in [9.17, 15) is 17.6 Å². The van der Waals surface area contributed by atoms with Crippen molar-refractivity contribution >= 4 is 0 Å². The van der Waals surface area contributed by atoms with Gasteiger partial charge in [-0.1, -0.05) is 58.3 Å². The van der Waals surface area contributed by atoms with E-state index in [1.807, 2.05) is 6.92 Å². The molecule has 0 aromatic heterocycles. The smallest absolute Gasteiger partial charge is 0.238 e. The van der Waals surface area contributed by atoms with Gasteiger partial charge in [0, 0.05) is 6.42 Å². The number of rotatable bonds is 7. The Labute approximate surface area is 169 Å². The molecular weight excluding hydrogens is 364 g/mol. The molecule has 4 unspecified atom stereocenters. The fourth-order valence-corrected chi connectivity index (χ4v) is 6.37. The molecule has 0 aliphatic heterocycles. The average Bonchev–Trinajstić information content (AvgIpc) is 2.70. The van der Waals surface area contributed by atoms with E-state index >= 15 is 0 Å². The van der Waals surface area contributed by atoms with Gasteiger partial charge in [-0.25, -0.2) is 17.6 Å². The molecule has 0 amide bonds. The first-order valence-corrected chi connectivity index (χ1v) is 12.0. The molecule has 3 rings (SSSR count). The van der Waals surface area contributed by atoms with Crippen molar-refractivity contribution in [2.24, 2.45) is 35.5 Å². The third-order valence-electron chi connectivity index (χ3n) is 8.45. The van der Waals surface area contributed by atoms with Crippen LogP contribution < -0.4 is 0 Å². The van der Waals surface area contributed by atoms with Crippen molar-refractivity contribution in [2.75, 3.05) is 0 Å². The quantitative estimate of drug-likeness (QED) is 0.376. The normalized spacial score (nSPS) is 42.6. The van der Waals surface area contributed by atoms with Gasteiger partial charge in [0.2, 0.25) is 6.43 Å². The molecular formula is C24H40F4. The molecule has 28 heavy (non-hydrogen) atoms. The number of hydrogen-bond acceptors (Lipinski definition) is 0. The maximum atomic E-state index is 14.5. The highest BCUT2D eigenvalue weighted by atomic mass is 19.3. The molecule has 3 saturated carbocycles. The van der Waals surface area contributed by atoms with Crippen LogP contribution in [0.15, 0.2) is 0 Å². The fraction of sp³-hybridized carbons (Fsp3) is 1.00. The third kappa shape index (κ3) is 6.11. The zero-order valence-corrected chi connectivity index (χ0v) is 17.6. The van der Waals surface area contributed by atoms with E-state index in [4.69, 9.17) is 0 Å². The van der Waals surface area contributed by atoms with E-state index in [2.05, 4.69) is 0 Å². The van der Waals surface area contributed by atoms with E-state index in [0.29, 0.717) is 18.3 Å². The Balaban J connectivity index is 1.31. The fourth-order valence-electron chi connectivity index (χ4n) is 6.37. The molecule has 3 fully saturated rings. The lowest BCUT2D eigenvalue weighted by atomic mass is 9.67. The third-order valence-corrected chi connectivity index (χ3v) is 8.45. The summed E-state index contributed by atoms with van der Waals surface area (Å²) < 4.78 is 53.3. The molecule has 0 radical (unpaired) electrons. The lowest BCUT2D eigenvalue weighted by Gasteiger charge is -2.41. The summed E-state index contributed by atoms with van der Waals surface area (Å²) in [5, 5.41) is 0. The van der Waals surface area contributed by atoms with Gasteiger partial charge < -0.3 is 0 Å². The number of halogens is 4. The van der Waals surface area contributed by atoms with Crippen LogP contribution in [0.3, 0.4) is 0 Å². The molecule has 164 valence electrons. The van der Waals surface area contributed by atoms with Gasteiger partial charge in [-0.15, -0.1) is 0 Å². The molecule has 0 heterocycles. The Kier molecular flexibility index (Phi) is 8.53. The van der Waals surface area contributed by atoms with E-state index in [1.54, 1.807) is 0 Å². The standard InChI is InChI=1S/C24H40F4/c1-16-2-14-21(24(28)23(16)27)20-12-9-19(10-13-20)8-5-17-3-6-18(7-4-17)11-15-22(25)26/h16-24H,2-15H2,1H3. The molecule has 0 N–H and O–H groups in total. The van der Waals surface area contributed by atoms with Crippen LogP contribution in [0.25, 0.3) is 0 Å². The van der Waals surface area contributed by atoms with Crippen molar-refractivity contribution in [1.29, 1.82) is 0 Å². The lowest BCUT2D eigenvalue weighted by molar-refractivity contribution is -0.00689. The minimum absolute atomic E-state index is 0.0457. The van der Waals surface area contributed by atoms with Gasteiger partial charge in [0.15, 0.2) is 0 Å². The zero-order chi connectivity index (χ0) is 20.1. The van der Waals surface area contributed by atoms with Crippen molar-refractivity contribution in [3.63, 3.8) is 0 Å². The van der Waals surface area contributed by atoms with Gasteiger partial charge >= 0.3 is 0 Å². The Morgan fingerprint density at radius 1 is 0.643 bits per heavy atom. The van der Waals surface area contributed by atoms with Gasteiger partial charge in [-0.05, 0) is 67.6 Å². The van der Waals surface area contributed by atoms with Gasteiger partial charge in [0.25, 0.3) is 0 Å². The summed E-state index contributed by atoms with van der Waals surface area (Å²) in [6, 6.07) is 0. The van der Waals surface area contributed by atoms with Crippen molar-refractivity contribution in [3.05, 3.63) is 0 Å². The molecule has 4 heteroatoms. The highest BCUT2D eigenvalue weighted by molar-refractivity contribution is 4.91. The van der Waals surface area contributed by atoms with Crippen molar-refractivity contribution in [3.8, 4) is 0 Å². The second kappa shape index (κ2) is 10.7. The van der Waals surface area contributed by atoms with Crippen molar-refractivity contribution in [1.82, 2.24) is 0 Å². The summed E-state index contributed by atoms with van der Waals surface area (Å²) in [5.41, 5.74) is 0. The molecule has 0 spiro atoms. The SMILES string of the molecule is CC1CCC(C2CCC(CCC3CCC(CCC(F)F)CC3)CC2)C(F)C1F. The topological polar surface area (TPSA) is 0 Å². The summed E-state index contributed by atoms with van der Waals surface area (Å²) in [4.78, 5) is 0. The number of hydrogen-bond donors (Lipinski definition) is 0. The first-order valence-electron chi connectivity index (χ1n) is 12.0. The lowest BCUT2D eigenvalue weighted by Crippen LogP contribution is -2.41. The predicted octanol–water partition coefficient (Wildman–Crippen LogP) is 8.15. The zero-order valence-electron chi connectivity index (χ0n) is 17.6. The summed E-state index contributed by atoms with van der Waals surface area (Å²) in [5.74, 6) is 2.29. The Morgan fingerprint density at radius 3 is 1.68 bits per heavy atom. The predicted molar refractivity (Wildman–Crippen MR) is 107 cm³/mol. The molecule has 0 aromatic carbocycles. The molecule has 4 atom stereocenters. The minimum Gasteiger partial charge on any atom is -0.244 e. The summed E-state index contributed by atoms with van der Waals surface area (Å²) in [6.07, 6.45) is 9.59. The van der Waals surface area contributed by atoms with Crippen LogP contribution in [-0.2, 0) is 0 Å².